The van der Waals surface area contributed by atoms with E-state index < -0.39 is 0 Å². The van der Waals surface area contributed by atoms with E-state index in [-0.39, 0.29) is 11.9 Å². The minimum absolute atomic E-state index is 0.133. The number of carbonyl (C=O) groups excluding carboxylic acids is 1. The van der Waals surface area contributed by atoms with E-state index in [1.165, 1.54) is 4.90 Å². The normalized spacial score (nSPS) is 18.5. The summed E-state index contributed by atoms with van der Waals surface area (Å²) in [4.78, 5) is 16.7. The van der Waals surface area contributed by atoms with Crippen LogP contribution in [0.4, 0.5) is 5.69 Å². The van der Waals surface area contributed by atoms with Crippen LogP contribution in [0.1, 0.15) is 31.4 Å². The molecule has 0 bridgehead atoms. The Morgan fingerprint density at radius 2 is 1.79 bits per heavy atom. The Morgan fingerprint density at radius 3 is 2.46 bits per heavy atom. The van der Waals surface area contributed by atoms with Crippen LogP contribution < -0.4 is 19.9 Å². The van der Waals surface area contributed by atoms with Crippen LogP contribution in [0.15, 0.2) is 54.6 Å². The zero-order valence-electron chi connectivity index (χ0n) is 16.6. The number of hydrogen-bond donors (Lipinski definition) is 2. The third-order valence-corrected chi connectivity index (χ3v) is 5.64. The van der Waals surface area contributed by atoms with Gasteiger partial charge in [-0.25, -0.2) is 0 Å². The van der Waals surface area contributed by atoms with Gasteiger partial charge in [0.15, 0.2) is 6.04 Å². The van der Waals surface area contributed by atoms with Crippen molar-refractivity contribution in [2.75, 3.05) is 37.7 Å². The predicted molar refractivity (Wildman–Crippen MR) is 111 cm³/mol. The molecule has 0 spiro atoms. The van der Waals surface area contributed by atoms with Crippen molar-refractivity contribution in [1.29, 1.82) is 0 Å². The molecule has 0 unspecified atom stereocenters. The molecule has 5 nitrogen and oxygen atoms in total. The van der Waals surface area contributed by atoms with Gasteiger partial charge >= 0.3 is 0 Å². The number of rotatable bonds is 7. The average molecular weight is 381 g/mol. The molecule has 1 heterocycles. The molecule has 148 valence electrons. The molecule has 1 saturated carbocycles. The molecule has 28 heavy (non-hydrogen) atoms. The lowest BCUT2D eigenvalue weighted by atomic mass is 10.0. The van der Waals surface area contributed by atoms with Crippen molar-refractivity contribution in [1.82, 2.24) is 5.32 Å². The summed E-state index contributed by atoms with van der Waals surface area (Å²) in [6, 6.07) is 18.7. The Kier molecular flexibility index (Phi) is 5.81. The summed E-state index contributed by atoms with van der Waals surface area (Å²) in [6.45, 7) is 6.37. The standard InChI is InChI=1S/C23H29N3O2/c1-2-28-21-11-7-6-10-20(21)25-14-16-26(17-15-25)22(18-8-4-3-5-9-18)23(27)24-19-12-13-19/h3-11,19,22H,2,12-17H2,1H3,(H,24,27)/p+1/t22-/m1/s1. The van der Waals surface area contributed by atoms with Gasteiger partial charge in [0.2, 0.25) is 0 Å². The zero-order chi connectivity index (χ0) is 19.3. The maximum atomic E-state index is 13.0. The maximum absolute atomic E-state index is 13.0. The second-order valence-electron chi connectivity index (χ2n) is 7.67. The first-order chi connectivity index (χ1) is 13.8. The van der Waals surface area contributed by atoms with Crippen molar-refractivity contribution in [3.63, 3.8) is 0 Å². The largest absolute Gasteiger partial charge is 0.492 e. The fourth-order valence-electron chi connectivity index (χ4n) is 4.05. The van der Waals surface area contributed by atoms with Gasteiger partial charge in [-0.2, -0.15) is 0 Å². The van der Waals surface area contributed by atoms with Crippen LogP contribution in [0.25, 0.3) is 0 Å². The second-order valence-corrected chi connectivity index (χ2v) is 7.67. The molecule has 1 aliphatic carbocycles. The van der Waals surface area contributed by atoms with Crippen molar-refractivity contribution in [3.8, 4) is 5.75 Å². The lowest BCUT2D eigenvalue weighted by molar-refractivity contribution is -0.922. The van der Waals surface area contributed by atoms with Gasteiger partial charge in [0.1, 0.15) is 5.75 Å². The van der Waals surface area contributed by atoms with Gasteiger partial charge in [-0.15, -0.1) is 0 Å². The van der Waals surface area contributed by atoms with Crippen LogP contribution in [0.2, 0.25) is 0 Å². The number of quaternary nitrogens is 1. The number of benzene rings is 2. The van der Waals surface area contributed by atoms with Crippen molar-refractivity contribution >= 4 is 11.6 Å². The fourth-order valence-corrected chi connectivity index (χ4v) is 4.05. The number of para-hydroxylation sites is 2. The van der Waals surface area contributed by atoms with Crippen molar-refractivity contribution in [3.05, 3.63) is 60.2 Å². The minimum Gasteiger partial charge on any atom is -0.492 e. The zero-order valence-corrected chi connectivity index (χ0v) is 16.6. The molecule has 4 rings (SSSR count). The first kappa shape index (κ1) is 18.8. The molecule has 0 aromatic heterocycles. The molecular formula is C23H30N3O2+. The van der Waals surface area contributed by atoms with Crippen molar-refractivity contribution in [2.45, 2.75) is 31.8 Å². The molecule has 1 amide bonds. The van der Waals surface area contributed by atoms with Gasteiger partial charge in [0.25, 0.3) is 5.91 Å². The molecule has 0 radical (unpaired) electrons. The number of piperazine rings is 1. The SMILES string of the molecule is CCOc1ccccc1N1CC[NH+]([C@@H](C(=O)NC2CC2)c2ccccc2)CC1. The number of ether oxygens (including phenoxy) is 1. The van der Waals surface area contributed by atoms with E-state index in [2.05, 4.69) is 34.5 Å². The van der Waals surface area contributed by atoms with Crippen LogP contribution in [0.5, 0.6) is 5.75 Å². The summed E-state index contributed by atoms with van der Waals surface area (Å²) in [6.07, 6.45) is 2.23. The maximum Gasteiger partial charge on any atom is 0.283 e. The molecule has 2 aliphatic rings. The van der Waals surface area contributed by atoms with E-state index in [0.717, 1.165) is 56.0 Å². The third kappa shape index (κ3) is 4.30. The first-order valence-electron chi connectivity index (χ1n) is 10.4. The Hall–Kier alpha value is -2.53. The van der Waals surface area contributed by atoms with E-state index in [1.54, 1.807) is 0 Å². The Labute approximate surface area is 167 Å². The molecule has 1 saturated heterocycles. The number of amides is 1. The van der Waals surface area contributed by atoms with Gasteiger partial charge in [-0.05, 0) is 31.9 Å². The molecule has 2 aromatic rings. The highest BCUT2D eigenvalue weighted by Gasteiger charge is 2.37. The molecule has 2 aromatic carbocycles. The summed E-state index contributed by atoms with van der Waals surface area (Å²) in [5, 5.41) is 3.23. The quantitative estimate of drug-likeness (QED) is 0.770. The van der Waals surface area contributed by atoms with E-state index in [0.29, 0.717) is 12.6 Å². The molecule has 1 aliphatic heterocycles. The van der Waals surface area contributed by atoms with E-state index in [1.807, 2.05) is 37.3 Å². The Balaban J connectivity index is 1.48. The molecule has 1 atom stereocenters. The lowest BCUT2D eigenvalue weighted by Gasteiger charge is -2.37. The topological polar surface area (TPSA) is 46.0 Å². The van der Waals surface area contributed by atoms with Gasteiger partial charge in [-0.1, -0.05) is 42.5 Å². The van der Waals surface area contributed by atoms with Crippen LogP contribution >= 0.6 is 0 Å². The van der Waals surface area contributed by atoms with E-state index in [9.17, 15) is 4.79 Å². The Morgan fingerprint density at radius 1 is 1.11 bits per heavy atom. The Bertz CT molecular complexity index is 783. The number of anilines is 1. The smallest absolute Gasteiger partial charge is 0.283 e. The van der Waals surface area contributed by atoms with Crippen molar-refractivity contribution in [2.24, 2.45) is 0 Å². The summed E-state index contributed by atoms with van der Waals surface area (Å²) in [7, 11) is 0. The second kappa shape index (κ2) is 8.65. The highest BCUT2D eigenvalue weighted by Crippen LogP contribution is 2.28. The number of nitrogens with one attached hydrogen (secondary N) is 2. The monoisotopic (exact) mass is 380 g/mol. The molecule has 2 N–H and O–H groups in total. The number of hydrogen-bond acceptors (Lipinski definition) is 3. The van der Waals surface area contributed by atoms with Gasteiger partial charge < -0.3 is 19.9 Å². The van der Waals surface area contributed by atoms with Gasteiger partial charge in [-0.3, -0.25) is 4.79 Å². The predicted octanol–water partition coefficient (Wildman–Crippen LogP) is 1.81. The molecular weight excluding hydrogens is 350 g/mol. The summed E-state index contributed by atoms with van der Waals surface area (Å²) < 4.78 is 5.81. The van der Waals surface area contributed by atoms with Crippen LogP contribution in [0, 0.1) is 0 Å². The average Bonchev–Trinajstić information content (AvgIpc) is 3.54. The highest BCUT2D eigenvalue weighted by molar-refractivity contribution is 5.82. The van der Waals surface area contributed by atoms with Crippen LogP contribution in [-0.4, -0.2) is 44.7 Å². The summed E-state index contributed by atoms with van der Waals surface area (Å²) in [5.74, 6) is 1.12. The van der Waals surface area contributed by atoms with Crippen molar-refractivity contribution < 1.29 is 14.4 Å². The fraction of sp³-hybridized carbons (Fsp3) is 0.435. The number of nitrogens with zero attached hydrogens (tertiary/aromatic N) is 1. The van der Waals surface area contributed by atoms with Crippen LogP contribution in [-0.2, 0) is 4.79 Å². The van der Waals surface area contributed by atoms with Gasteiger partial charge in [0.05, 0.1) is 38.5 Å². The number of carbonyl (C=O) groups is 1. The summed E-state index contributed by atoms with van der Waals surface area (Å²) in [5.41, 5.74) is 2.26. The first-order valence-corrected chi connectivity index (χ1v) is 10.4. The highest BCUT2D eigenvalue weighted by atomic mass is 16.5. The van der Waals surface area contributed by atoms with Crippen LogP contribution in [0.3, 0.4) is 0 Å². The molecule has 2 fully saturated rings. The van der Waals surface area contributed by atoms with E-state index in [4.69, 9.17) is 4.74 Å². The summed E-state index contributed by atoms with van der Waals surface area (Å²) >= 11 is 0. The van der Waals surface area contributed by atoms with E-state index >= 15 is 0 Å². The lowest BCUT2D eigenvalue weighted by Crippen LogP contribution is -3.16. The minimum atomic E-state index is -0.133. The third-order valence-electron chi connectivity index (χ3n) is 5.64. The molecule has 5 heteroatoms. The van der Waals surface area contributed by atoms with Gasteiger partial charge in [0, 0.05) is 11.6 Å².